The lowest BCUT2D eigenvalue weighted by atomic mass is 9.87. The zero-order chi connectivity index (χ0) is 26.9. The van der Waals surface area contributed by atoms with E-state index in [-0.39, 0.29) is 31.5 Å². The van der Waals surface area contributed by atoms with Gasteiger partial charge in [0.1, 0.15) is 24.4 Å². The first-order valence-electron chi connectivity index (χ1n) is 11.8. The molecule has 0 aromatic heterocycles. The Morgan fingerprint density at radius 3 is 2.39 bits per heavy atom. The van der Waals surface area contributed by atoms with Gasteiger partial charge in [0.2, 0.25) is 5.91 Å². The molecule has 1 aliphatic rings. The topological polar surface area (TPSA) is 138 Å². The maximum absolute atomic E-state index is 12.5. The van der Waals surface area contributed by atoms with Crippen molar-refractivity contribution in [3.8, 4) is 0 Å². The molecule has 36 heavy (non-hydrogen) atoms. The molecule has 0 spiro atoms. The molecule has 0 radical (unpaired) electrons. The lowest BCUT2D eigenvalue weighted by Gasteiger charge is -2.48. The van der Waals surface area contributed by atoms with Gasteiger partial charge in [-0.15, -0.1) is 11.8 Å². The quantitative estimate of drug-likeness (QED) is 0.179. The second-order valence-electron chi connectivity index (χ2n) is 9.85. The molecule has 5 atom stereocenters. The lowest BCUT2D eigenvalue weighted by Crippen LogP contribution is -2.70. The maximum Gasteiger partial charge on any atom is 0.221 e. The molecule has 1 aliphatic heterocycles. The molecule has 2 rings (SSSR count). The van der Waals surface area contributed by atoms with Crippen molar-refractivity contribution in [3.63, 3.8) is 0 Å². The van der Waals surface area contributed by atoms with Gasteiger partial charge in [0.15, 0.2) is 5.79 Å². The van der Waals surface area contributed by atoms with E-state index in [0.29, 0.717) is 29.0 Å². The summed E-state index contributed by atoms with van der Waals surface area (Å²) in [6, 6.07) is 4.12. The van der Waals surface area contributed by atoms with E-state index in [2.05, 4.69) is 5.32 Å². The molecule has 1 heterocycles. The van der Waals surface area contributed by atoms with Crippen molar-refractivity contribution in [2.75, 3.05) is 38.8 Å². The third-order valence-electron chi connectivity index (χ3n) is 5.47. The summed E-state index contributed by atoms with van der Waals surface area (Å²) in [7, 11) is 0. The maximum atomic E-state index is 12.5. The van der Waals surface area contributed by atoms with Crippen LogP contribution in [0.4, 0.5) is 0 Å². The number of hydrogen-bond acceptors (Lipinski definition) is 9. The fourth-order valence-electron chi connectivity index (χ4n) is 3.68. The Hall–Kier alpha value is -0.660. The molecule has 0 aliphatic carbocycles. The minimum atomic E-state index is -2.04. The van der Waals surface area contributed by atoms with E-state index in [0.717, 1.165) is 4.90 Å². The SMILES string of the molecule is CC(C)(C)CC(=O)N[C@@H]1[C@@H](O)[C@H](O)[C@@H](CO)O[C@]1(O)CCOCCOCCSc1ccc(Cl)c(Cl)c1. The first-order chi connectivity index (χ1) is 16.9. The molecule has 5 N–H and O–H groups in total. The fourth-order valence-corrected chi connectivity index (χ4v) is 4.84. The number of ether oxygens (including phenoxy) is 3. The van der Waals surface area contributed by atoms with Crippen LogP contribution in [0.5, 0.6) is 0 Å². The van der Waals surface area contributed by atoms with Gasteiger partial charge in [0.05, 0.1) is 43.1 Å². The molecular weight excluding hydrogens is 533 g/mol. The fraction of sp³-hybridized carbons (Fsp3) is 0.708. The Labute approximate surface area is 226 Å². The van der Waals surface area contributed by atoms with Crippen LogP contribution >= 0.6 is 35.0 Å². The summed E-state index contributed by atoms with van der Waals surface area (Å²) < 4.78 is 16.6. The van der Waals surface area contributed by atoms with Crippen LogP contribution in [0.25, 0.3) is 0 Å². The standard InChI is InChI=1S/C24H37Cl2NO8S/c1-23(2,3)13-19(29)27-22-21(31)20(30)18(14-28)35-24(22,32)6-7-33-8-9-34-10-11-36-15-4-5-16(25)17(26)12-15/h4-5,12,18,20-22,28,30-32H,6-11,13-14H2,1-3H3,(H,27,29)/t18-,20-,21+,22-,24-/m1/s1. The average Bonchev–Trinajstić information content (AvgIpc) is 2.79. The van der Waals surface area contributed by atoms with Gasteiger partial charge in [-0.2, -0.15) is 0 Å². The number of hydrogen-bond donors (Lipinski definition) is 5. The van der Waals surface area contributed by atoms with Gasteiger partial charge in [-0.05, 0) is 23.6 Å². The molecule has 0 saturated carbocycles. The van der Waals surface area contributed by atoms with Crippen molar-refractivity contribution in [1.82, 2.24) is 5.32 Å². The summed E-state index contributed by atoms with van der Waals surface area (Å²) in [6.45, 7) is 6.13. The van der Waals surface area contributed by atoms with Crippen molar-refractivity contribution < 1.29 is 39.4 Å². The van der Waals surface area contributed by atoms with E-state index in [1.807, 2.05) is 26.8 Å². The number of halogens is 2. The number of aliphatic hydroxyl groups excluding tert-OH is 3. The number of benzene rings is 1. The van der Waals surface area contributed by atoms with E-state index in [9.17, 15) is 25.2 Å². The van der Waals surface area contributed by atoms with Gasteiger partial charge in [-0.1, -0.05) is 44.0 Å². The van der Waals surface area contributed by atoms with Crippen LogP contribution in [-0.2, 0) is 19.0 Å². The molecule has 1 amide bonds. The van der Waals surface area contributed by atoms with Crippen LogP contribution in [0, 0.1) is 5.41 Å². The van der Waals surface area contributed by atoms with Crippen LogP contribution in [0.1, 0.15) is 33.6 Å². The molecule has 12 heteroatoms. The lowest BCUT2D eigenvalue weighted by molar-refractivity contribution is -0.323. The number of aliphatic hydroxyl groups is 4. The Balaban J connectivity index is 1.77. The Kier molecular flexibility index (Phi) is 12.7. The van der Waals surface area contributed by atoms with Crippen LogP contribution in [0.15, 0.2) is 23.1 Å². The summed E-state index contributed by atoms with van der Waals surface area (Å²) in [5, 5.41) is 45.0. The van der Waals surface area contributed by atoms with Gasteiger partial charge in [-0.25, -0.2) is 0 Å². The zero-order valence-electron chi connectivity index (χ0n) is 20.8. The second kappa shape index (κ2) is 14.5. The molecule has 1 aromatic carbocycles. The molecule has 1 aromatic rings. The monoisotopic (exact) mass is 569 g/mol. The number of carbonyl (C=O) groups is 1. The van der Waals surface area contributed by atoms with E-state index in [1.165, 1.54) is 0 Å². The molecule has 9 nitrogen and oxygen atoms in total. The minimum absolute atomic E-state index is 0.0322. The van der Waals surface area contributed by atoms with Crippen LogP contribution < -0.4 is 5.32 Å². The highest BCUT2D eigenvalue weighted by molar-refractivity contribution is 7.99. The summed E-state index contributed by atoms with van der Waals surface area (Å²) in [4.78, 5) is 13.4. The highest BCUT2D eigenvalue weighted by atomic mass is 35.5. The third-order valence-corrected chi connectivity index (χ3v) is 7.16. The van der Waals surface area contributed by atoms with Gasteiger partial charge < -0.3 is 40.0 Å². The molecule has 0 bridgehead atoms. The van der Waals surface area contributed by atoms with E-state index >= 15 is 0 Å². The molecule has 206 valence electrons. The highest BCUT2D eigenvalue weighted by Crippen LogP contribution is 2.32. The van der Waals surface area contributed by atoms with Crippen molar-refractivity contribution in [1.29, 1.82) is 0 Å². The number of amides is 1. The number of carbonyl (C=O) groups excluding carboxylic acids is 1. The summed E-state index contributed by atoms with van der Waals surface area (Å²) >= 11 is 13.5. The average molecular weight is 571 g/mol. The Bertz CT molecular complexity index is 843. The first kappa shape index (κ1) is 31.6. The summed E-state index contributed by atoms with van der Waals surface area (Å²) in [6.07, 6.45) is -4.20. The predicted molar refractivity (Wildman–Crippen MR) is 138 cm³/mol. The number of nitrogens with one attached hydrogen (secondary N) is 1. The number of rotatable bonds is 13. The van der Waals surface area contributed by atoms with E-state index in [4.69, 9.17) is 37.4 Å². The zero-order valence-corrected chi connectivity index (χ0v) is 23.1. The largest absolute Gasteiger partial charge is 0.394 e. The van der Waals surface area contributed by atoms with Crippen molar-refractivity contribution >= 4 is 40.9 Å². The smallest absolute Gasteiger partial charge is 0.221 e. The van der Waals surface area contributed by atoms with Crippen LogP contribution in [0.2, 0.25) is 10.0 Å². The van der Waals surface area contributed by atoms with Gasteiger partial charge in [0, 0.05) is 23.5 Å². The van der Waals surface area contributed by atoms with Crippen molar-refractivity contribution in [2.45, 2.75) is 68.6 Å². The molecule has 0 unspecified atom stereocenters. The molecule has 1 saturated heterocycles. The van der Waals surface area contributed by atoms with Gasteiger partial charge >= 0.3 is 0 Å². The Morgan fingerprint density at radius 1 is 1.11 bits per heavy atom. The van der Waals surface area contributed by atoms with Crippen molar-refractivity contribution in [3.05, 3.63) is 28.2 Å². The van der Waals surface area contributed by atoms with E-state index in [1.54, 1.807) is 23.9 Å². The second-order valence-corrected chi connectivity index (χ2v) is 11.8. The third kappa shape index (κ3) is 9.90. The predicted octanol–water partition coefficient (Wildman–Crippen LogP) is 2.23. The molecular formula is C24H37Cl2NO8S. The van der Waals surface area contributed by atoms with Gasteiger partial charge in [-0.3, -0.25) is 4.79 Å². The summed E-state index contributed by atoms with van der Waals surface area (Å²) in [5.41, 5.74) is -0.321. The minimum Gasteiger partial charge on any atom is -0.394 e. The van der Waals surface area contributed by atoms with Crippen molar-refractivity contribution in [2.24, 2.45) is 5.41 Å². The highest BCUT2D eigenvalue weighted by Gasteiger charge is 2.53. The van der Waals surface area contributed by atoms with Crippen LogP contribution in [-0.4, -0.2) is 95.3 Å². The summed E-state index contributed by atoms with van der Waals surface area (Å²) in [5.74, 6) is -1.74. The molecule has 1 fully saturated rings. The Morgan fingerprint density at radius 2 is 1.78 bits per heavy atom. The number of thioether (sulfide) groups is 1. The van der Waals surface area contributed by atoms with Crippen LogP contribution in [0.3, 0.4) is 0 Å². The van der Waals surface area contributed by atoms with Gasteiger partial charge in [0.25, 0.3) is 0 Å². The normalized spacial score (nSPS) is 26.7. The van der Waals surface area contributed by atoms with E-state index < -0.39 is 42.7 Å². The first-order valence-corrected chi connectivity index (χ1v) is 13.5.